The summed E-state index contributed by atoms with van der Waals surface area (Å²) < 4.78 is 72.5. The Balaban J connectivity index is 1.57. The molecule has 1 aliphatic rings. The number of amides is 1. The molecule has 42 heavy (non-hydrogen) atoms. The maximum atomic E-state index is 13.9. The van der Waals surface area contributed by atoms with Crippen LogP contribution in [0.25, 0.3) is 0 Å². The minimum Gasteiger partial charge on any atom is -0.494 e. The highest BCUT2D eigenvalue weighted by Gasteiger charge is 2.33. The molecular formula is C29H35N3O8S2. The highest BCUT2D eigenvalue weighted by Crippen LogP contribution is 2.33. The van der Waals surface area contributed by atoms with Gasteiger partial charge in [-0.05, 0) is 62.4 Å². The highest BCUT2D eigenvalue weighted by atomic mass is 32.2. The minimum absolute atomic E-state index is 0.0872. The molecule has 0 aromatic heterocycles. The Kier molecular flexibility index (Phi) is 9.64. The van der Waals surface area contributed by atoms with E-state index < -0.39 is 32.5 Å². The van der Waals surface area contributed by atoms with Crippen LogP contribution < -0.4 is 18.5 Å². The zero-order valence-electron chi connectivity index (χ0n) is 24.0. The van der Waals surface area contributed by atoms with E-state index in [1.54, 1.807) is 48.5 Å². The van der Waals surface area contributed by atoms with E-state index in [4.69, 9.17) is 14.2 Å². The van der Waals surface area contributed by atoms with Gasteiger partial charge in [-0.3, -0.25) is 9.10 Å². The number of ether oxygens (including phenoxy) is 3. The largest absolute Gasteiger partial charge is 0.494 e. The van der Waals surface area contributed by atoms with Crippen LogP contribution in [0.2, 0.25) is 0 Å². The van der Waals surface area contributed by atoms with Crippen molar-refractivity contribution in [2.75, 3.05) is 57.9 Å². The zero-order valence-corrected chi connectivity index (χ0v) is 25.7. The van der Waals surface area contributed by atoms with Crippen LogP contribution in [0.15, 0.2) is 76.5 Å². The lowest BCUT2D eigenvalue weighted by Gasteiger charge is -2.35. The van der Waals surface area contributed by atoms with Crippen LogP contribution in [0.1, 0.15) is 12.5 Å². The molecule has 3 aromatic carbocycles. The van der Waals surface area contributed by atoms with Gasteiger partial charge < -0.3 is 19.1 Å². The topological polar surface area (TPSA) is 123 Å². The van der Waals surface area contributed by atoms with Gasteiger partial charge in [-0.1, -0.05) is 17.7 Å². The number of sulfonamides is 2. The molecule has 0 spiro atoms. The summed E-state index contributed by atoms with van der Waals surface area (Å²) in [7, 11) is -5.11. The lowest BCUT2D eigenvalue weighted by molar-refractivity contribution is -0.130. The third-order valence-electron chi connectivity index (χ3n) is 6.91. The third kappa shape index (κ3) is 6.63. The Morgan fingerprint density at radius 1 is 0.810 bits per heavy atom. The van der Waals surface area contributed by atoms with Gasteiger partial charge in [-0.2, -0.15) is 4.31 Å². The maximum Gasteiger partial charge on any atom is 0.264 e. The Labute approximate surface area is 247 Å². The van der Waals surface area contributed by atoms with E-state index in [0.717, 1.165) is 9.87 Å². The molecule has 0 saturated carbocycles. The van der Waals surface area contributed by atoms with E-state index in [2.05, 4.69) is 0 Å². The smallest absolute Gasteiger partial charge is 0.264 e. The highest BCUT2D eigenvalue weighted by molar-refractivity contribution is 7.92. The first-order chi connectivity index (χ1) is 20.0. The first kappa shape index (κ1) is 31.1. The van der Waals surface area contributed by atoms with Gasteiger partial charge in [-0.25, -0.2) is 16.8 Å². The number of piperazine rings is 1. The molecule has 1 saturated heterocycles. The molecular weight excluding hydrogens is 582 g/mol. The van der Waals surface area contributed by atoms with Crippen LogP contribution in [0.5, 0.6) is 17.2 Å². The van der Waals surface area contributed by atoms with E-state index >= 15 is 0 Å². The van der Waals surface area contributed by atoms with Crippen molar-refractivity contribution < 1.29 is 35.8 Å². The van der Waals surface area contributed by atoms with Crippen LogP contribution in [-0.4, -0.2) is 85.5 Å². The summed E-state index contributed by atoms with van der Waals surface area (Å²) in [6.07, 6.45) is 0. The fourth-order valence-electron chi connectivity index (χ4n) is 4.55. The van der Waals surface area contributed by atoms with Crippen LogP contribution in [0.4, 0.5) is 5.69 Å². The third-order valence-corrected chi connectivity index (χ3v) is 10.6. The number of anilines is 1. The van der Waals surface area contributed by atoms with Gasteiger partial charge in [0.05, 0.1) is 36.3 Å². The molecule has 13 heteroatoms. The predicted molar refractivity (Wildman–Crippen MR) is 158 cm³/mol. The van der Waals surface area contributed by atoms with E-state index in [1.807, 2.05) is 13.8 Å². The number of hydrogen-bond acceptors (Lipinski definition) is 8. The van der Waals surface area contributed by atoms with Crippen LogP contribution in [0, 0.1) is 6.92 Å². The molecule has 1 amide bonds. The lowest BCUT2D eigenvalue weighted by Crippen LogP contribution is -2.53. The number of methoxy groups -OCH3 is 2. The molecule has 0 bridgehead atoms. The SMILES string of the molecule is CCOc1ccc(N(CC(=O)N2CCN(S(=O)(=O)c3ccc(C)cc3)CC2)S(=O)(=O)c2ccc(OC)c(OC)c2)cc1. The molecule has 226 valence electrons. The molecule has 0 atom stereocenters. The second kappa shape index (κ2) is 13.0. The van der Waals surface area contributed by atoms with E-state index in [0.29, 0.717) is 18.1 Å². The standard InChI is InChI=1S/C29H35N3O8S2/c1-5-40-24-10-8-23(9-11-24)32(42(36,37)26-14-15-27(38-3)28(20-26)39-4)21-29(33)30-16-18-31(19-17-30)41(34,35)25-12-6-22(2)7-13-25/h6-15,20H,5,16-19,21H2,1-4H3. The first-order valence-electron chi connectivity index (χ1n) is 13.3. The van der Waals surface area contributed by atoms with Gasteiger partial charge in [0.25, 0.3) is 10.0 Å². The number of carbonyl (C=O) groups excluding carboxylic acids is 1. The number of carbonyl (C=O) groups is 1. The molecule has 1 fully saturated rings. The number of nitrogens with zero attached hydrogens (tertiary/aromatic N) is 3. The second-order valence-corrected chi connectivity index (χ2v) is 13.4. The quantitative estimate of drug-likeness (QED) is 0.322. The average molecular weight is 618 g/mol. The molecule has 4 rings (SSSR count). The number of aryl methyl sites for hydroxylation is 1. The van der Waals surface area contributed by atoms with Gasteiger partial charge in [0.1, 0.15) is 12.3 Å². The molecule has 1 heterocycles. The summed E-state index contributed by atoms with van der Waals surface area (Å²) >= 11 is 0. The Morgan fingerprint density at radius 3 is 1.98 bits per heavy atom. The van der Waals surface area contributed by atoms with Crippen molar-refractivity contribution >= 4 is 31.6 Å². The predicted octanol–water partition coefficient (Wildman–Crippen LogP) is 3.14. The van der Waals surface area contributed by atoms with Gasteiger partial charge in [-0.15, -0.1) is 0 Å². The summed E-state index contributed by atoms with van der Waals surface area (Å²) in [6, 6.07) is 17.2. The minimum atomic E-state index is -4.24. The van der Waals surface area contributed by atoms with Crippen molar-refractivity contribution in [2.45, 2.75) is 23.6 Å². The van der Waals surface area contributed by atoms with E-state index in [9.17, 15) is 21.6 Å². The molecule has 1 aliphatic heterocycles. The average Bonchev–Trinajstić information content (AvgIpc) is 3.00. The molecule has 0 unspecified atom stereocenters. The van der Waals surface area contributed by atoms with Crippen molar-refractivity contribution in [1.82, 2.24) is 9.21 Å². The number of rotatable bonds is 11. The summed E-state index contributed by atoms with van der Waals surface area (Å²) in [5, 5.41) is 0. The fraction of sp³-hybridized carbons (Fsp3) is 0.345. The summed E-state index contributed by atoms with van der Waals surface area (Å²) in [5.74, 6) is 0.684. The van der Waals surface area contributed by atoms with Gasteiger partial charge in [0, 0.05) is 32.2 Å². The maximum absolute atomic E-state index is 13.9. The van der Waals surface area contributed by atoms with E-state index in [-0.39, 0.29) is 47.4 Å². The number of hydrogen-bond donors (Lipinski definition) is 0. The normalized spacial score (nSPS) is 14.3. The summed E-state index contributed by atoms with van der Waals surface area (Å²) in [4.78, 5) is 15.1. The fourth-order valence-corrected chi connectivity index (χ4v) is 7.41. The van der Waals surface area contributed by atoms with Crippen molar-refractivity contribution in [2.24, 2.45) is 0 Å². The summed E-state index contributed by atoms with van der Waals surface area (Å²) in [5.41, 5.74) is 1.21. The van der Waals surface area contributed by atoms with Crippen LogP contribution >= 0.6 is 0 Å². The summed E-state index contributed by atoms with van der Waals surface area (Å²) in [6.45, 7) is 4.09. The molecule has 3 aromatic rings. The van der Waals surface area contributed by atoms with Gasteiger partial charge in [0.2, 0.25) is 15.9 Å². The Morgan fingerprint density at radius 2 is 1.40 bits per heavy atom. The Bertz CT molecular complexity index is 1600. The van der Waals surface area contributed by atoms with Crippen LogP contribution in [0.3, 0.4) is 0 Å². The van der Waals surface area contributed by atoms with Gasteiger partial charge in [0.15, 0.2) is 11.5 Å². The monoisotopic (exact) mass is 617 g/mol. The Hall–Kier alpha value is -3.81. The molecule has 0 radical (unpaired) electrons. The molecule has 0 N–H and O–H groups in total. The van der Waals surface area contributed by atoms with E-state index in [1.165, 1.54) is 41.6 Å². The molecule has 0 aliphatic carbocycles. The van der Waals surface area contributed by atoms with Crippen molar-refractivity contribution in [3.8, 4) is 17.2 Å². The van der Waals surface area contributed by atoms with Crippen molar-refractivity contribution in [3.63, 3.8) is 0 Å². The zero-order chi connectivity index (χ0) is 30.5. The van der Waals surface area contributed by atoms with Gasteiger partial charge >= 0.3 is 0 Å². The van der Waals surface area contributed by atoms with Crippen molar-refractivity contribution in [1.29, 1.82) is 0 Å². The van der Waals surface area contributed by atoms with Crippen molar-refractivity contribution in [3.05, 3.63) is 72.3 Å². The molecule has 11 nitrogen and oxygen atoms in total. The number of benzene rings is 3. The first-order valence-corrected chi connectivity index (χ1v) is 16.2. The second-order valence-electron chi connectivity index (χ2n) is 9.55. The van der Waals surface area contributed by atoms with Crippen LogP contribution in [-0.2, 0) is 24.8 Å². The lowest BCUT2D eigenvalue weighted by atomic mass is 10.2.